The van der Waals surface area contributed by atoms with E-state index in [0.717, 1.165) is 33.8 Å². The van der Waals surface area contributed by atoms with Gasteiger partial charge >= 0.3 is 0 Å². The van der Waals surface area contributed by atoms with Crippen LogP contribution in [0.4, 0.5) is 10.8 Å². The van der Waals surface area contributed by atoms with Crippen molar-refractivity contribution in [1.82, 2.24) is 10.2 Å². The molecular weight excluding hydrogens is 312 g/mol. The molecule has 0 fully saturated rings. The van der Waals surface area contributed by atoms with E-state index in [1.807, 2.05) is 0 Å². The highest BCUT2D eigenvalue weighted by atomic mass is 32.2. The zero-order chi connectivity index (χ0) is 15.6. The van der Waals surface area contributed by atoms with E-state index in [1.54, 1.807) is 23.1 Å². The van der Waals surface area contributed by atoms with Crippen molar-refractivity contribution < 1.29 is 0 Å². The highest BCUT2D eigenvalue weighted by Crippen LogP contribution is 2.28. The Labute approximate surface area is 140 Å². The van der Waals surface area contributed by atoms with Crippen molar-refractivity contribution >= 4 is 33.9 Å². The molecule has 1 N–H and O–H groups in total. The number of anilines is 2. The minimum atomic E-state index is 0.599. The molecule has 1 aromatic heterocycles. The van der Waals surface area contributed by atoms with Gasteiger partial charge in [-0.2, -0.15) is 5.26 Å². The molecule has 0 radical (unpaired) electrons. The number of thioether (sulfide) groups is 1. The smallest absolute Gasteiger partial charge is 0.210 e. The fraction of sp³-hybridized carbons (Fsp3) is 0.438. The maximum Gasteiger partial charge on any atom is 0.210 e. The van der Waals surface area contributed by atoms with Crippen LogP contribution in [0.5, 0.6) is 0 Å². The molecule has 0 unspecified atom stereocenters. The van der Waals surface area contributed by atoms with Crippen molar-refractivity contribution in [3.05, 3.63) is 29.8 Å². The van der Waals surface area contributed by atoms with Crippen molar-refractivity contribution in [3.8, 4) is 6.07 Å². The molecule has 0 spiro atoms. The second-order valence-corrected chi connectivity index (χ2v) is 7.23. The molecule has 116 valence electrons. The van der Waals surface area contributed by atoms with Gasteiger partial charge in [0.2, 0.25) is 5.13 Å². The number of hydrogen-bond donors (Lipinski definition) is 1. The van der Waals surface area contributed by atoms with Crippen molar-refractivity contribution in [2.45, 2.75) is 43.4 Å². The van der Waals surface area contributed by atoms with Crippen LogP contribution in [0.15, 0.2) is 28.6 Å². The Balaban J connectivity index is 1.83. The molecule has 1 heterocycles. The Kier molecular flexibility index (Phi) is 7.20. The average Bonchev–Trinajstić information content (AvgIpc) is 2.98. The van der Waals surface area contributed by atoms with Crippen LogP contribution < -0.4 is 5.32 Å². The molecule has 2 rings (SSSR count). The molecule has 0 aliphatic carbocycles. The summed E-state index contributed by atoms with van der Waals surface area (Å²) in [6, 6.07) is 10.7. The topological polar surface area (TPSA) is 61.6 Å². The van der Waals surface area contributed by atoms with Crippen LogP contribution in [0.3, 0.4) is 0 Å². The molecule has 0 bridgehead atoms. The standard InChI is InChI=1S/C16H20N4S2/c1-2-3-6-13-7-9-14(10-8-13)18-15-19-20-16(22-15)21-12-5-4-11-17/h7-10H,2-6,12H2,1H3,(H,18,19). The lowest BCUT2D eigenvalue weighted by atomic mass is 10.1. The van der Waals surface area contributed by atoms with Crippen molar-refractivity contribution in [2.24, 2.45) is 0 Å². The van der Waals surface area contributed by atoms with Gasteiger partial charge in [-0.25, -0.2) is 0 Å². The zero-order valence-corrected chi connectivity index (χ0v) is 14.3. The Bertz CT molecular complexity index is 601. The molecule has 4 nitrogen and oxygen atoms in total. The Morgan fingerprint density at radius 1 is 1.23 bits per heavy atom. The number of aryl methyl sites for hydroxylation is 1. The van der Waals surface area contributed by atoms with Crippen LogP contribution in [0.2, 0.25) is 0 Å². The lowest BCUT2D eigenvalue weighted by molar-refractivity contribution is 0.795. The van der Waals surface area contributed by atoms with Gasteiger partial charge < -0.3 is 5.32 Å². The quantitative estimate of drug-likeness (QED) is 0.516. The summed E-state index contributed by atoms with van der Waals surface area (Å²) in [7, 11) is 0. The van der Waals surface area contributed by atoms with E-state index in [9.17, 15) is 0 Å². The van der Waals surface area contributed by atoms with Crippen LogP contribution >= 0.6 is 23.1 Å². The van der Waals surface area contributed by atoms with Crippen LogP contribution in [0.1, 0.15) is 38.2 Å². The number of rotatable bonds is 9. The summed E-state index contributed by atoms with van der Waals surface area (Å²) in [6.45, 7) is 2.21. The Morgan fingerprint density at radius 2 is 2.05 bits per heavy atom. The van der Waals surface area contributed by atoms with Gasteiger partial charge in [-0.15, -0.1) is 10.2 Å². The van der Waals surface area contributed by atoms with E-state index < -0.39 is 0 Å². The monoisotopic (exact) mass is 332 g/mol. The number of unbranched alkanes of at least 4 members (excludes halogenated alkanes) is 2. The van der Waals surface area contributed by atoms with E-state index in [2.05, 4.69) is 52.8 Å². The lowest BCUT2D eigenvalue weighted by Gasteiger charge is -2.04. The maximum atomic E-state index is 8.50. The number of nitrogens with zero attached hydrogens (tertiary/aromatic N) is 3. The average molecular weight is 332 g/mol. The van der Waals surface area contributed by atoms with Crippen molar-refractivity contribution in [1.29, 1.82) is 5.26 Å². The third-order valence-corrected chi connectivity index (χ3v) is 5.15. The first-order valence-electron chi connectivity index (χ1n) is 7.51. The van der Waals surface area contributed by atoms with Gasteiger partial charge in [0.15, 0.2) is 4.34 Å². The Hall–Kier alpha value is -1.58. The van der Waals surface area contributed by atoms with Gasteiger partial charge in [0.1, 0.15) is 0 Å². The van der Waals surface area contributed by atoms with Gasteiger partial charge in [-0.3, -0.25) is 0 Å². The second-order valence-electron chi connectivity index (χ2n) is 4.91. The van der Waals surface area contributed by atoms with Crippen LogP contribution in [0, 0.1) is 11.3 Å². The van der Waals surface area contributed by atoms with Gasteiger partial charge in [-0.05, 0) is 37.0 Å². The van der Waals surface area contributed by atoms with Crippen LogP contribution in [-0.4, -0.2) is 16.0 Å². The lowest BCUT2D eigenvalue weighted by Crippen LogP contribution is -1.90. The molecular formula is C16H20N4S2. The molecule has 0 saturated carbocycles. The molecule has 1 aromatic carbocycles. The van der Waals surface area contributed by atoms with E-state index in [1.165, 1.54) is 18.4 Å². The minimum absolute atomic E-state index is 0.599. The van der Waals surface area contributed by atoms with Gasteiger partial charge in [0.25, 0.3) is 0 Å². The van der Waals surface area contributed by atoms with E-state index in [-0.39, 0.29) is 0 Å². The number of nitrogens with one attached hydrogen (secondary N) is 1. The summed E-state index contributed by atoms with van der Waals surface area (Å²) < 4.78 is 0.944. The summed E-state index contributed by atoms with van der Waals surface area (Å²) in [6.07, 6.45) is 5.08. The fourth-order valence-electron chi connectivity index (χ4n) is 1.89. The second kappa shape index (κ2) is 9.44. The van der Waals surface area contributed by atoms with Crippen molar-refractivity contribution in [2.75, 3.05) is 11.1 Å². The molecule has 0 aliphatic rings. The number of aromatic nitrogens is 2. The third kappa shape index (κ3) is 5.66. The van der Waals surface area contributed by atoms with Crippen LogP contribution in [-0.2, 0) is 6.42 Å². The predicted molar refractivity (Wildman–Crippen MR) is 93.8 cm³/mol. The van der Waals surface area contributed by atoms with Gasteiger partial charge in [0, 0.05) is 17.9 Å². The molecule has 22 heavy (non-hydrogen) atoms. The fourth-order valence-corrected chi connectivity index (χ4v) is 3.67. The molecule has 0 atom stereocenters. The molecule has 2 aromatic rings. The normalized spacial score (nSPS) is 10.4. The van der Waals surface area contributed by atoms with E-state index >= 15 is 0 Å². The highest BCUT2D eigenvalue weighted by molar-refractivity contribution is 8.01. The molecule has 0 saturated heterocycles. The first kappa shape index (κ1) is 16.8. The SMILES string of the molecule is CCCCc1ccc(Nc2nnc(SCCCC#N)s2)cc1. The number of nitriles is 1. The summed E-state index contributed by atoms with van der Waals surface area (Å²) in [5, 5.41) is 20.9. The van der Waals surface area contributed by atoms with Crippen molar-refractivity contribution in [3.63, 3.8) is 0 Å². The van der Waals surface area contributed by atoms with E-state index in [4.69, 9.17) is 5.26 Å². The summed E-state index contributed by atoms with van der Waals surface area (Å²) >= 11 is 3.21. The number of benzene rings is 1. The summed E-state index contributed by atoms with van der Waals surface area (Å²) in [4.78, 5) is 0. The zero-order valence-electron chi connectivity index (χ0n) is 12.7. The summed E-state index contributed by atoms with van der Waals surface area (Å²) in [5.74, 6) is 0.911. The number of hydrogen-bond acceptors (Lipinski definition) is 6. The first-order valence-corrected chi connectivity index (χ1v) is 9.31. The largest absolute Gasteiger partial charge is 0.330 e. The third-order valence-electron chi connectivity index (χ3n) is 3.09. The van der Waals surface area contributed by atoms with Gasteiger partial charge in [-0.1, -0.05) is 48.6 Å². The molecule has 0 aliphatic heterocycles. The molecule has 6 heteroatoms. The van der Waals surface area contributed by atoms with Gasteiger partial charge in [0.05, 0.1) is 6.07 Å². The minimum Gasteiger partial charge on any atom is -0.330 e. The molecule has 0 amide bonds. The van der Waals surface area contributed by atoms with Crippen LogP contribution in [0.25, 0.3) is 0 Å². The summed E-state index contributed by atoms with van der Waals surface area (Å²) in [5.41, 5.74) is 2.41. The highest BCUT2D eigenvalue weighted by Gasteiger charge is 2.05. The maximum absolute atomic E-state index is 8.50. The first-order chi connectivity index (χ1) is 10.8. The Morgan fingerprint density at radius 3 is 2.77 bits per heavy atom. The van der Waals surface area contributed by atoms with E-state index in [0.29, 0.717) is 6.42 Å². The predicted octanol–water partition coefficient (Wildman–Crippen LogP) is 5.02.